The van der Waals surface area contributed by atoms with Crippen LogP contribution in [0.2, 0.25) is 0 Å². The lowest BCUT2D eigenvalue weighted by Gasteiger charge is -2.34. The molecule has 2 aromatic heterocycles. The summed E-state index contributed by atoms with van der Waals surface area (Å²) >= 11 is 0. The molecule has 1 fully saturated rings. The van der Waals surface area contributed by atoms with Gasteiger partial charge < -0.3 is 20.6 Å². The van der Waals surface area contributed by atoms with Crippen LogP contribution in [0, 0.1) is 0 Å². The molecule has 0 bridgehead atoms. The first-order valence-corrected chi connectivity index (χ1v) is 15.8. The standard InChI is InChI=1S/C31H31N8O4P/c32-27-13-15-39(31(41)35-27)28-12-7-22(20-34-28)21-37-16-18-38(19-17-37)30(40)24-8-10-25(11-9-24)36-44(42,43)26-6-3-5-23-4-1-2-14-33-29(23)26/h1-3,5-15,20H,4,16-19,21H2,(H2,32,35,41)(H2,36,42,43). The summed E-state index contributed by atoms with van der Waals surface area (Å²) in [5, 5.41) is 3.00. The predicted molar refractivity (Wildman–Crippen MR) is 170 cm³/mol. The van der Waals surface area contributed by atoms with Crippen LogP contribution in [0.15, 0.2) is 95.0 Å². The topological polar surface area (TPSA) is 159 Å². The molecule has 1 amide bonds. The van der Waals surface area contributed by atoms with Gasteiger partial charge in [-0.2, -0.15) is 4.98 Å². The summed E-state index contributed by atoms with van der Waals surface area (Å²) in [6, 6.07) is 17.1. The molecule has 1 atom stereocenters. The van der Waals surface area contributed by atoms with Crippen LogP contribution in [0.3, 0.4) is 0 Å². The Labute approximate surface area is 253 Å². The molecule has 6 rings (SSSR count). The van der Waals surface area contributed by atoms with E-state index >= 15 is 0 Å². The molecule has 0 saturated carbocycles. The first-order chi connectivity index (χ1) is 21.3. The van der Waals surface area contributed by atoms with Gasteiger partial charge in [0.25, 0.3) is 5.91 Å². The summed E-state index contributed by atoms with van der Waals surface area (Å²) in [5.74, 6) is 0.534. The summed E-state index contributed by atoms with van der Waals surface area (Å²) in [4.78, 5) is 52.8. The van der Waals surface area contributed by atoms with Crippen LogP contribution < -0.4 is 21.8 Å². The van der Waals surface area contributed by atoms with Crippen molar-refractivity contribution in [1.29, 1.82) is 0 Å². The largest absolute Gasteiger partial charge is 0.383 e. The average Bonchev–Trinajstić information content (AvgIpc) is 3.28. The number of pyridine rings is 1. The highest BCUT2D eigenvalue weighted by Gasteiger charge is 2.27. The Morgan fingerprint density at radius 2 is 1.82 bits per heavy atom. The number of carbonyl (C=O) groups excluding carboxylic acids is 1. The summed E-state index contributed by atoms with van der Waals surface area (Å²) < 4.78 is 14.7. The molecular weight excluding hydrogens is 579 g/mol. The van der Waals surface area contributed by atoms with E-state index in [2.05, 4.69) is 24.9 Å². The number of aromatic nitrogens is 3. The first kappa shape index (κ1) is 29.2. The van der Waals surface area contributed by atoms with Gasteiger partial charge in [-0.15, -0.1) is 0 Å². The number of nitrogens with zero attached hydrogens (tertiary/aromatic N) is 6. The van der Waals surface area contributed by atoms with E-state index in [1.807, 2.05) is 29.2 Å². The second-order valence-electron chi connectivity index (χ2n) is 10.6. The molecule has 4 N–H and O–H groups in total. The van der Waals surface area contributed by atoms with Gasteiger partial charge >= 0.3 is 13.2 Å². The number of nitrogens with one attached hydrogen (secondary N) is 1. The third kappa shape index (κ3) is 6.37. The second kappa shape index (κ2) is 12.4. The molecule has 4 aromatic rings. The number of benzene rings is 2. The molecule has 224 valence electrons. The second-order valence-corrected chi connectivity index (χ2v) is 12.4. The molecule has 2 aliphatic heterocycles. The summed E-state index contributed by atoms with van der Waals surface area (Å²) in [7, 11) is -3.99. The van der Waals surface area contributed by atoms with Crippen molar-refractivity contribution >= 4 is 42.1 Å². The van der Waals surface area contributed by atoms with Crippen LogP contribution in [0.4, 0.5) is 17.2 Å². The number of nitrogens with two attached hydrogens (primary N) is 1. The molecule has 0 radical (unpaired) electrons. The number of fused-ring (bicyclic) bond motifs is 1. The first-order valence-electron chi connectivity index (χ1n) is 14.1. The lowest BCUT2D eigenvalue weighted by molar-refractivity contribution is 0.0628. The maximum atomic E-state index is 13.3. The minimum Gasteiger partial charge on any atom is -0.383 e. The van der Waals surface area contributed by atoms with Crippen LogP contribution in [0.5, 0.6) is 0 Å². The lowest BCUT2D eigenvalue weighted by Crippen LogP contribution is -2.48. The number of aliphatic imine (C=N–C) groups is 1. The lowest BCUT2D eigenvalue weighted by atomic mass is 10.1. The maximum absolute atomic E-state index is 13.3. The SMILES string of the molecule is Nc1ccn(-c2ccc(CN3CCN(C(=O)c4ccc(NP(=O)(O)c5cccc6c5N=CC=CC6)cc4)CC3)cn2)c(=O)n1. The van der Waals surface area contributed by atoms with E-state index in [0.717, 1.165) is 11.1 Å². The maximum Gasteiger partial charge on any atom is 0.355 e. The number of piperazine rings is 1. The predicted octanol–water partition coefficient (Wildman–Crippen LogP) is 2.91. The van der Waals surface area contributed by atoms with Crippen molar-refractivity contribution in [1.82, 2.24) is 24.3 Å². The number of hydrogen-bond donors (Lipinski definition) is 3. The highest BCUT2D eigenvalue weighted by Crippen LogP contribution is 2.43. The Bertz CT molecular complexity index is 1850. The number of carbonyl (C=O) groups is 1. The molecule has 2 aromatic carbocycles. The number of para-hydroxylation sites is 1. The van der Waals surface area contributed by atoms with Gasteiger partial charge in [-0.25, -0.2) is 9.78 Å². The summed E-state index contributed by atoms with van der Waals surface area (Å²) in [6.45, 7) is 3.19. The third-order valence-electron chi connectivity index (χ3n) is 7.55. The highest BCUT2D eigenvalue weighted by atomic mass is 31.2. The van der Waals surface area contributed by atoms with Crippen LogP contribution in [-0.2, 0) is 17.5 Å². The van der Waals surface area contributed by atoms with Gasteiger partial charge in [0.15, 0.2) is 0 Å². The van der Waals surface area contributed by atoms with E-state index in [4.69, 9.17) is 5.73 Å². The molecule has 4 heterocycles. The Balaban J connectivity index is 1.04. The van der Waals surface area contributed by atoms with Gasteiger partial charge in [0.1, 0.15) is 11.6 Å². The van der Waals surface area contributed by atoms with Crippen molar-refractivity contribution in [3.8, 4) is 5.82 Å². The van der Waals surface area contributed by atoms with E-state index in [0.29, 0.717) is 61.9 Å². The highest BCUT2D eigenvalue weighted by molar-refractivity contribution is 7.67. The molecule has 0 aliphatic carbocycles. The molecule has 0 spiro atoms. The Kier molecular flexibility index (Phi) is 8.21. The van der Waals surface area contributed by atoms with Gasteiger partial charge in [-0.1, -0.05) is 24.3 Å². The molecule has 1 saturated heterocycles. The van der Waals surface area contributed by atoms with Crippen molar-refractivity contribution in [2.24, 2.45) is 4.99 Å². The quantitative estimate of drug-likeness (QED) is 0.268. The number of amides is 1. The summed E-state index contributed by atoms with van der Waals surface area (Å²) in [6.07, 6.45) is 9.30. The molecule has 13 heteroatoms. The van der Waals surface area contributed by atoms with Crippen molar-refractivity contribution in [2.45, 2.75) is 13.0 Å². The number of anilines is 2. The van der Waals surface area contributed by atoms with Gasteiger partial charge in [-0.3, -0.25) is 23.8 Å². The monoisotopic (exact) mass is 610 g/mol. The Morgan fingerprint density at radius 3 is 2.55 bits per heavy atom. The zero-order valence-electron chi connectivity index (χ0n) is 23.8. The van der Waals surface area contributed by atoms with E-state index in [1.54, 1.807) is 67.1 Å². The fourth-order valence-electron chi connectivity index (χ4n) is 5.23. The molecule has 44 heavy (non-hydrogen) atoms. The smallest absolute Gasteiger partial charge is 0.355 e. The van der Waals surface area contributed by atoms with E-state index in [9.17, 15) is 19.0 Å². The normalized spacial score (nSPS) is 16.2. The van der Waals surface area contributed by atoms with Crippen molar-refractivity contribution in [3.05, 3.63) is 112 Å². The van der Waals surface area contributed by atoms with E-state index < -0.39 is 13.2 Å². The Morgan fingerprint density at radius 1 is 1.02 bits per heavy atom. The number of nitrogen functional groups attached to an aromatic ring is 1. The van der Waals surface area contributed by atoms with Gasteiger partial charge in [0.05, 0.1) is 11.0 Å². The minimum atomic E-state index is -3.99. The molecular formula is C31H31N8O4P. The Hall–Kier alpha value is -4.90. The van der Waals surface area contributed by atoms with Crippen LogP contribution in [0.1, 0.15) is 21.5 Å². The van der Waals surface area contributed by atoms with Crippen molar-refractivity contribution in [3.63, 3.8) is 0 Å². The van der Waals surface area contributed by atoms with Crippen molar-refractivity contribution in [2.75, 3.05) is 37.0 Å². The van der Waals surface area contributed by atoms with Crippen LogP contribution >= 0.6 is 7.52 Å². The molecule has 12 nitrogen and oxygen atoms in total. The van der Waals surface area contributed by atoms with Gasteiger partial charge in [0.2, 0.25) is 0 Å². The van der Waals surface area contributed by atoms with Crippen LogP contribution in [-0.4, -0.2) is 67.5 Å². The zero-order valence-corrected chi connectivity index (χ0v) is 24.7. The number of allylic oxidation sites excluding steroid dienone is 2. The van der Waals surface area contributed by atoms with Gasteiger partial charge in [0, 0.05) is 62.6 Å². The van der Waals surface area contributed by atoms with E-state index in [1.165, 1.54) is 4.57 Å². The molecule has 1 unspecified atom stereocenters. The van der Waals surface area contributed by atoms with Crippen LogP contribution in [0.25, 0.3) is 5.82 Å². The third-order valence-corrected chi connectivity index (χ3v) is 9.12. The van der Waals surface area contributed by atoms with Gasteiger partial charge in [-0.05, 0) is 66.1 Å². The van der Waals surface area contributed by atoms with Crippen molar-refractivity contribution < 1.29 is 14.3 Å². The average molecular weight is 611 g/mol. The molecule has 2 aliphatic rings. The number of hydrogen-bond acceptors (Lipinski definition) is 8. The minimum absolute atomic E-state index is 0.0906. The summed E-state index contributed by atoms with van der Waals surface area (Å²) in [5.41, 5.74) is 8.39. The van der Waals surface area contributed by atoms with E-state index in [-0.39, 0.29) is 17.0 Å². The fourth-order valence-corrected chi connectivity index (χ4v) is 6.62. The zero-order chi connectivity index (χ0) is 30.7. The fraction of sp³-hybridized carbons (Fsp3) is 0.194. The number of rotatable bonds is 7.